The zero-order valence-corrected chi connectivity index (χ0v) is 12.5. The molecule has 1 saturated heterocycles. The standard InChI is InChI=1S/C14H17NO5S/c1-2-21(19,20)11-7-5-10(6-8-11)13(16)15-9-3-4-12(15)14(17)18/h5-8,12H,2-4,9H2,1H3,(H,17,18)/t12-/m0/s1. The molecule has 21 heavy (non-hydrogen) atoms. The Balaban J connectivity index is 2.23. The van der Waals surface area contributed by atoms with Crippen molar-refractivity contribution >= 4 is 21.7 Å². The van der Waals surface area contributed by atoms with Crippen molar-refractivity contribution < 1.29 is 23.1 Å². The van der Waals surface area contributed by atoms with Gasteiger partial charge in [0.15, 0.2) is 9.84 Å². The minimum absolute atomic E-state index is 0.00644. The minimum atomic E-state index is -3.30. The summed E-state index contributed by atoms with van der Waals surface area (Å²) in [4.78, 5) is 24.9. The quantitative estimate of drug-likeness (QED) is 0.901. The zero-order chi connectivity index (χ0) is 15.6. The molecule has 1 aliphatic heterocycles. The molecular weight excluding hydrogens is 294 g/mol. The van der Waals surface area contributed by atoms with Crippen LogP contribution in [0.4, 0.5) is 0 Å². The average Bonchev–Trinajstić information content (AvgIpc) is 2.96. The van der Waals surface area contributed by atoms with Crippen molar-refractivity contribution in [3.63, 3.8) is 0 Å². The maximum absolute atomic E-state index is 12.3. The van der Waals surface area contributed by atoms with Gasteiger partial charge in [0, 0.05) is 12.1 Å². The van der Waals surface area contributed by atoms with E-state index in [1.165, 1.54) is 29.2 Å². The van der Waals surface area contributed by atoms with E-state index in [1.54, 1.807) is 6.92 Å². The van der Waals surface area contributed by atoms with Crippen LogP contribution in [0.15, 0.2) is 29.2 Å². The molecule has 1 aromatic carbocycles. The Labute approximate surface area is 123 Å². The van der Waals surface area contributed by atoms with Gasteiger partial charge in [0.2, 0.25) is 0 Å². The number of nitrogens with zero attached hydrogens (tertiary/aromatic N) is 1. The lowest BCUT2D eigenvalue weighted by Crippen LogP contribution is -2.40. The molecule has 0 spiro atoms. The maximum atomic E-state index is 12.3. The first-order valence-electron chi connectivity index (χ1n) is 6.73. The second-order valence-electron chi connectivity index (χ2n) is 4.92. The summed E-state index contributed by atoms with van der Waals surface area (Å²) >= 11 is 0. The molecule has 0 unspecified atom stereocenters. The van der Waals surface area contributed by atoms with Crippen molar-refractivity contribution in [3.8, 4) is 0 Å². The summed E-state index contributed by atoms with van der Waals surface area (Å²) in [6, 6.07) is 4.84. The highest BCUT2D eigenvalue weighted by molar-refractivity contribution is 7.91. The molecule has 6 nitrogen and oxygen atoms in total. The number of likely N-dealkylation sites (tertiary alicyclic amines) is 1. The molecular formula is C14H17NO5S. The van der Waals surface area contributed by atoms with E-state index in [4.69, 9.17) is 5.11 Å². The number of hydrogen-bond donors (Lipinski definition) is 1. The van der Waals surface area contributed by atoms with E-state index >= 15 is 0 Å². The molecule has 0 aromatic heterocycles. The van der Waals surface area contributed by atoms with Gasteiger partial charge in [0.25, 0.3) is 5.91 Å². The summed E-state index contributed by atoms with van der Waals surface area (Å²) in [5.74, 6) is -1.39. The number of carboxylic acids is 1. The molecule has 0 aliphatic carbocycles. The van der Waals surface area contributed by atoms with E-state index in [0.717, 1.165) is 0 Å². The molecule has 1 aliphatic rings. The molecule has 7 heteroatoms. The van der Waals surface area contributed by atoms with E-state index in [2.05, 4.69) is 0 Å². The van der Waals surface area contributed by atoms with Crippen LogP contribution in [0.1, 0.15) is 30.1 Å². The molecule has 0 bridgehead atoms. The van der Waals surface area contributed by atoms with Crippen LogP contribution in [0.5, 0.6) is 0 Å². The number of carboxylic acid groups (broad SMARTS) is 1. The second kappa shape index (κ2) is 5.85. The van der Waals surface area contributed by atoms with Crippen LogP contribution in [0.3, 0.4) is 0 Å². The van der Waals surface area contributed by atoms with Gasteiger partial charge in [-0.3, -0.25) is 4.79 Å². The van der Waals surface area contributed by atoms with Gasteiger partial charge in [-0.25, -0.2) is 13.2 Å². The average molecular weight is 311 g/mol. The number of carbonyl (C=O) groups excluding carboxylic acids is 1. The molecule has 1 aromatic rings. The van der Waals surface area contributed by atoms with Crippen molar-refractivity contribution in [2.24, 2.45) is 0 Å². The molecule has 1 heterocycles. The van der Waals surface area contributed by atoms with Crippen LogP contribution in [0, 0.1) is 0 Å². The Kier molecular flexibility index (Phi) is 4.32. The largest absolute Gasteiger partial charge is 0.480 e. The molecule has 2 rings (SSSR count). The summed E-state index contributed by atoms with van der Waals surface area (Å²) in [5, 5.41) is 9.09. The van der Waals surface area contributed by atoms with E-state index in [0.29, 0.717) is 24.9 Å². The molecule has 1 N–H and O–H groups in total. The number of amides is 1. The Bertz CT molecular complexity index is 650. The predicted octanol–water partition coefficient (Wildman–Crippen LogP) is 1.17. The Morgan fingerprint density at radius 2 is 1.90 bits per heavy atom. The van der Waals surface area contributed by atoms with E-state index in [-0.39, 0.29) is 16.6 Å². The monoisotopic (exact) mass is 311 g/mol. The fourth-order valence-corrected chi connectivity index (χ4v) is 3.29. The minimum Gasteiger partial charge on any atom is -0.480 e. The highest BCUT2D eigenvalue weighted by atomic mass is 32.2. The van der Waals surface area contributed by atoms with Crippen LogP contribution in [0.2, 0.25) is 0 Å². The lowest BCUT2D eigenvalue weighted by Gasteiger charge is -2.21. The topological polar surface area (TPSA) is 91.8 Å². The first kappa shape index (κ1) is 15.5. The summed E-state index contributed by atoms with van der Waals surface area (Å²) in [5.41, 5.74) is 0.304. The molecule has 1 fully saturated rings. The first-order chi connectivity index (χ1) is 9.86. The van der Waals surface area contributed by atoms with E-state index in [1.807, 2.05) is 0 Å². The first-order valence-corrected chi connectivity index (χ1v) is 8.38. The summed E-state index contributed by atoms with van der Waals surface area (Å²) < 4.78 is 23.4. The number of rotatable bonds is 4. The molecule has 0 radical (unpaired) electrons. The summed E-state index contributed by atoms with van der Waals surface area (Å²) in [6.45, 7) is 1.96. The van der Waals surface area contributed by atoms with Crippen molar-refractivity contribution in [2.45, 2.75) is 30.7 Å². The smallest absolute Gasteiger partial charge is 0.326 e. The molecule has 1 atom stereocenters. The summed E-state index contributed by atoms with van der Waals surface area (Å²) in [6.07, 6.45) is 1.11. The molecule has 114 valence electrons. The number of carbonyl (C=O) groups is 2. The molecule has 0 saturated carbocycles. The van der Waals surface area contributed by atoms with Gasteiger partial charge < -0.3 is 10.0 Å². The lowest BCUT2D eigenvalue weighted by atomic mass is 10.1. The van der Waals surface area contributed by atoms with Crippen molar-refractivity contribution in [3.05, 3.63) is 29.8 Å². The number of hydrogen-bond acceptors (Lipinski definition) is 4. The number of benzene rings is 1. The second-order valence-corrected chi connectivity index (χ2v) is 7.20. The SMILES string of the molecule is CCS(=O)(=O)c1ccc(C(=O)N2CCC[C@H]2C(=O)O)cc1. The Morgan fingerprint density at radius 3 is 2.43 bits per heavy atom. The van der Waals surface area contributed by atoms with Gasteiger partial charge >= 0.3 is 5.97 Å². The van der Waals surface area contributed by atoms with Crippen molar-refractivity contribution in [2.75, 3.05) is 12.3 Å². The number of sulfone groups is 1. The Morgan fingerprint density at radius 1 is 1.29 bits per heavy atom. The van der Waals surface area contributed by atoms with Gasteiger partial charge in [0.05, 0.1) is 10.6 Å². The normalized spacial score (nSPS) is 18.7. The van der Waals surface area contributed by atoms with E-state index < -0.39 is 21.8 Å². The van der Waals surface area contributed by atoms with Crippen LogP contribution >= 0.6 is 0 Å². The Hall–Kier alpha value is -1.89. The van der Waals surface area contributed by atoms with Gasteiger partial charge in [-0.1, -0.05) is 6.92 Å². The van der Waals surface area contributed by atoms with Gasteiger partial charge in [0.1, 0.15) is 6.04 Å². The third-order valence-corrected chi connectivity index (χ3v) is 5.39. The van der Waals surface area contributed by atoms with Crippen LogP contribution in [-0.4, -0.2) is 48.6 Å². The zero-order valence-electron chi connectivity index (χ0n) is 11.7. The van der Waals surface area contributed by atoms with Gasteiger partial charge in [-0.05, 0) is 37.1 Å². The predicted molar refractivity (Wildman–Crippen MR) is 75.9 cm³/mol. The van der Waals surface area contributed by atoms with E-state index in [9.17, 15) is 18.0 Å². The molecule has 1 amide bonds. The van der Waals surface area contributed by atoms with Crippen LogP contribution < -0.4 is 0 Å². The van der Waals surface area contributed by atoms with Crippen molar-refractivity contribution in [1.82, 2.24) is 4.90 Å². The lowest BCUT2D eigenvalue weighted by molar-refractivity contribution is -0.141. The highest BCUT2D eigenvalue weighted by Gasteiger charge is 2.34. The van der Waals surface area contributed by atoms with Crippen molar-refractivity contribution in [1.29, 1.82) is 0 Å². The number of aliphatic carboxylic acids is 1. The summed E-state index contributed by atoms with van der Waals surface area (Å²) in [7, 11) is -3.30. The third-order valence-electron chi connectivity index (χ3n) is 3.64. The van der Waals surface area contributed by atoms with Gasteiger partial charge in [-0.2, -0.15) is 0 Å². The van der Waals surface area contributed by atoms with Crippen LogP contribution in [-0.2, 0) is 14.6 Å². The highest BCUT2D eigenvalue weighted by Crippen LogP contribution is 2.21. The maximum Gasteiger partial charge on any atom is 0.326 e. The van der Waals surface area contributed by atoms with Gasteiger partial charge in [-0.15, -0.1) is 0 Å². The third kappa shape index (κ3) is 3.07. The fourth-order valence-electron chi connectivity index (χ4n) is 2.40. The fraction of sp³-hybridized carbons (Fsp3) is 0.429. The van der Waals surface area contributed by atoms with Crippen LogP contribution in [0.25, 0.3) is 0 Å².